The van der Waals surface area contributed by atoms with Crippen molar-refractivity contribution in [2.45, 2.75) is 32.1 Å². The highest BCUT2D eigenvalue weighted by Crippen LogP contribution is 2.43. The lowest BCUT2D eigenvalue weighted by Crippen LogP contribution is -2.32. The fourth-order valence-corrected chi connectivity index (χ4v) is 2.30. The first-order chi connectivity index (χ1) is 5.73. The zero-order valence-electron chi connectivity index (χ0n) is 7.01. The molecule has 2 nitrogen and oxygen atoms in total. The molecule has 2 rings (SSSR count). The number of ketones is 2. The van der Waals surface area contributed by atoms with Gasteiger partial charge in [0.2, 0.25) is 0 Å². The summed E-state index contributed by atoms with van der Waals surface area (Å²) in [6.45, 7) is 0. The van der Waals surface area contributed by atoms with E-state index in [-0.39, 0.29) is 17.0 Å². The fraction of sp³-hybridized carbons (Fsp3) is 0.600. The first-order valence-electron chi connectivity index (χ1n) is 4.48. The molecule has 1 fully saturated rings. The van der Waals surface area contributed by atoms with Crippen molar-refractivity contribution in [1.82, 2.24) is 0 Å². The minimum absolute atomic E-state index is 0.122. The van der Waals surface area contributed by atoms with Crippen LogP contribution in [-0.2, 0) is 9.59 Å². The van der Waals surface area contributed by atoms with Crippen LogP contribution < -0.4 is 0 Å². The summed E-state index contributed by atoms with van der Waals surface area (Å²) in [6.07, 6.45) is 7.40. The van der Waals surface area contributed by atoms with E-state index in [9.17, 15) is 9.59 Å². The molecule has 64 valence electrons. The number of hydrogen-bond acceptors (Lipinski definition) is 2. The smallest absolute Gasteiger partial charge is 0.162 e. The van der Waals surface area contributed by atoms with Gasteiger partial charge in [0.15, 0.2) is 11.6 Å². The molecule has 0 aromatic carbocycles. The Bertz CT molecular complexity index is 257. The molecule has 0 aliphatic heterocycles. The first kappa shape index (κ1) is 7.71. The van der Waals surface area contributed by atoms with Crippen LogP contribution in [-0.4, -0.2) is 11.6 Å². The second-order valence-corrected chi connectivity index (χ2v) is 3.83. The molecule has 0 unspecified atom stereocenters. The Hall–Kier alpha value is -0.920. The molecule has 0 aromatic rings. The van der Waals surface area contributed by atoms with Crippen LogP contribution in [0.25, 0.3) is 0 Å². The standard InChI is InChI=1S/C10H12O2/c11-8-3-4-9(12)10(7-8)5-1-2-6-10/h3-4H,1-2,5-7H2. The number of rotatable bonds is 0. The highest BCUT2D eigenvalue weighted by molar-refractivity contribution is 6.08. The van der Waals surface area contributed by atoms with E-state index in [1.807, 2.05) is 0 Å². The molecule has 0 heterocycles. The van der Waals surface area contributed by atoms with E-state index in [0.29, 0.717) is 6.42 Å². The van der Waals surface area contributed by atoms with Crippen LogP contribution >= 0.6 is 0 Å². The van der Waals surface area contributed by atoms with E-state index in [0.717, 1.165) is 25.7 Å². The Labute approximate surface area is 71.6 Å². The average molecular weight is 164 g/mol. The minimum atomic E-state index is -0.272. The van der Waals surface area contributed by atoms with E-state index in [1.54, 1.807) is 0 Å². The van der Waals surface area contributed by atoms with Crippen molar-refractivity contribution in [2.75, 3.05) is 0 Å². The molecule has 2 heteroatoms. The van der Waals surface area contributed by atoms with Gasteiger partial charge >= 0.3 is 0 Å². The quantitative estimate of drug-likeness (QED) is 0.545. The number of carbonyl (C=O) groups excluding carboxylic acids is 2. The lowest BCUT2D eigenvalue weighted by molar-refractivity contribution is -0.130. The molecular weight excluding hydrogens is 152 g/mol. The maximum absolute atomic E-state index is 11.5. The number of carbonyl (C=O) groups is 2. The van der Waals surface area contributed by atoms with Crippen molar-refractivity contribution in [2.24, 2.45) is 5.41 Å². The Balaban J connectivity index is 2.30. The van der Waals surface area contributed by atoms with E-state index < -0.39 is 0 Å². The SMILES string of the molecule is O=C1C=CC(=O)C2(CCCC2)C1. The molecule has 0 radical (unpaired) electrons. The van der Waals surface area contributed by atoms with Crippen molar-refractivity contribution in [3.8, 4) is 0 Å². The van der Waals surface area contributed by atoms with Gasteiger partial charge in [0.05, 0.1) is 0 Å². The molecule has 0 bridgehead atoms. The predicted octanol–water partition coefficient (Wildman–Crippen LogP) is 1.64. The molecule has 1 saturated carbocycles. The summed E-state index contributed by atoms with van der Waals surface area (Å²) in [6, 6.07) is 0. The molecule has 0 atom stereocenters. The van der Waals surface area contributed by atoms with Crippen LogP contribution in [0.1, 0.15) is 32.1 Å². The summed E-state index contributed by atoms with van der Waals surface area (Å²) < 4.78 is 0. The Kier molecular flexibility index (Phi) is 1.63. The summed E-state index contributed by atoms with van der Waals surface area (Å²) in [5.74, 6) is 0.302. The Morgan fingerprint density at radius 1 is 1.08 bits per heavy atom. The van der Waals surface area contributed by atoms with Gasteiger partial charge in [0, 0.05) is 11.8 Å². The summed E-state index contributed by atoms with van der Waals surface area (Å²) in [5, 5.41) is 0. The highest BCUT2D eigenvalue weighted by Gasteiger charge is 2.42. The monoisotopic (exact) mass is 164 g/mol. The lowest BCUT2D eigenvalue weighted by atomic mass is 9.74. The van der Waals surface area contributed by atoms with Gasteiger partial charge < -0.3 is 0 Å². The Morgan fingerprint density at radius 3 is 2.42 bits per heavy atom. The van der Waals surface area contributed by atoms with Crippen LogP contribution in [0.2, 0.25) is 0 Å². The fourth-order valence-electron chi connectivity index (χ4n) is 2.30. The van der Waals surface area contributed by atoms with Gasteiger partial charge in [-0.05, 0) is 25.0 Å². The lowest BCUT2D eigenvalue weighted by Gasteiger charge is -2.26. The summed E-state index contributed by atoms with van der Waals surface area (Å²) in [4.78, 5) is 22.7. The van der Waals surface area contributed by atoms with E-state index in [1.165, 1.54) is 12.2 Å². The van der Waals surface area contributed by atoms with Crippen LogP contribution in [0.3, 0.4) is 0 Å². The van der Waals surface area contributed by atoms with Crippen LogP contribution in [0.15, 0.2) is 12.2 Å². The van der Waals surface area contributed by atoms with Gasteiger partial charge in [0.25, 0.3) is 0 Å². The van der Waals surface area contributed by atoms with Crippen LogP contribution in [0.5, 0.6) is 0 Å². The molecule has 2 aliphatic rings. The average Bonchev–Trinajstić information content (AvgIpc) is 2.48. The topological polar surface area (TPSA) is 34.1 Å². The Morgan fingerprint density at radius 2 is 1.75 bits per heavy atom. The van der Waals surface area contributed by atoms with Gasteiger partial charge in [-0.25, -0.2) is 0 Å². The van der Waals surface area contributed by atoms with Crippen LogP contribution in [0.4, 0.5) is 0 Å². The van der Waals surface area contributed by atoms with E-state index in [4.69, 9.17) is 0 Å². The minimum Gasteiger partial charge on any atom is -0.295 e. The highest BCUT2D eigenvalue weighted by atomic mass is 16.1. The predicted molar refractivity (Wildman–Crippen MR) is 44.7 cm³/mol. The molecule has 2 aliphatic carbocycles. The number of hydrogen-bond donors (Lipinski definition) is 0. The third-order valence-electron chi connectivity index (χ3n) is 3.02. The molecule has 12 heavy (non-hydrogen) atoms. The van der Waals surface area contributed by atoms with Gasteiger partial charge in [-0.3, -0.25) is 9.59 Å². The zero-order valence-corrected chi connectivity index (χ0v) is 7.01. The third-order valence-corrected chi connectivity index (χ3v) is 3.02. The number of allylic oxidation sites excluding steroid dienone is 2. The van der Waals surface area contributed by atoms with Crippen molar-refractivity contribution < 1.29 is 9.59 Å². The summed E-state index contributed by atoms with van der Waals surface area (Å²) >= 11 is 0. The van der Waals surface area contributed by atoms with Gasteiger partial charge in [-0.15, -0.1) is 0 Å². The third kappa shape index (κ3) is 1.02. The molecule has 0 aromatic heterocycles. The normalized spacial score (nSPS) is 27.0. The molecule has 0 saturated heterocycles. The second kappa shape index (κ2) is 2.54. The largest absolute Gasteiger partial charge is 0.295 e. The van der Waals surface area contributed by atoms with Crippen molar-refractivity contribution >= 4 is 11.6 Å². The van der Waals surface area contributed by atoms with Gasteiger partial charge in [0.1, 0.15) is 0 Å². The zero-order chi connectivity index (χ0) is 8.60. The van der Waals surface area contributed by atoms with E-state index >= 15 is 0 Å². The second-order valence-electron chi connectivity index (χ2n) is 3.83. The maximum atomic E-state index is 11.5. The van der Waals surface area contributed by atoms with Gasteiger partial charge in [-0.2, -0.15) is 0 Å². The van der Waals surface area contributed by atoms with Crippen molar-refractivity contribution in [1.29, 1.82) is 0 Å². The van der Waals surface area contributed by atoms with Gasteiger partial charge in [-0.1, -0.05) is 12.8 Å². The summed E-state index contributed by atoms with van der Waals surface area (Å²) in [7, 11) is 0. The molecule has 0 amide bonds. The van der Waals surface area contributed by atoms with Crippen molar-refractivity contribution in [3.05, 3.63) is 12.2 Å². The van der Waals surface area contributed by atoms with E-state index in [2.05, 4.69) is 0 Å². The molecule has 1 spiro atoms. The first-order valence-corrected chi connectivity index (χ1v) is 4.48. The van der Waals surface area contributed by atoms with Crippen molar-refractivity contribution in [3.63, 3.8) is 0 Å². The summed E-state index contributed by atoms with van der Waals surface area (Å²) in [5.41, 5.74) is -0.272. The van der Waals surface area contributed by atoms with Crippen LogP contribution in [0, 0.1) is 5.41 Å². The molecule has 0 N–H and O–H groups in total. The molecular formula is C10H12O2. The maximum Gasteiger partial charge on any atom is 0.162 e.